The molecule has 2 aromatic rings. The Bertz CT molecular complexity index is 641. The van der Waals surface area contributed by atoms with Crippen molar-refractivity contribution in [3.8, 4) is 5.95 Å². The normalized spacial score (nSPS) is 18.0. The van der Waals surface area contributed by atoms with Crippen LogP contribution in [-0.4, -0.2) is 42.1 Å². The number of nitrogens with zero attached hydrogens (tertiary/aromatic N) is 2. The van der Waals surface area contributed by atoms with Crippen LogP contribution in [0.4, 0.5) is 0 Å². The van der Waals surface area contributed by atoms with E-state index in [9.17, 15) is 4.79 Å². The summed E-state index contributed by atoms with van der Waals surface area (Å²) in [6.45, 7) is 1.80. The van der Waals surface area contributed by atoms with Gasteiger partial charge in [0.05, 0.1) is 19.8 Å². The first-order chi connectivity index (χ1) is 11.3. The molecule has 6 nitrogen and oxygen atoms in total. The molecule has 1 atom stereocenters. The number of aromatic nitrogens is 1. The Morgan fingerprint density at radius 2 is 2.35 bits per heavy atom. The minimum atomic E-state index is -0.122. The summed E-state index contributed by atoms with van der Waals surface area (Å²) >= 11 is 0. The number of carbonyl (C=O) groups excluding carboxylic acids is 1. The van der Waals surface area contributed by atoms with Crippen molar-refractivity contribution in [1.82, 2.24) is 9.88 Å². The summed E-state index contributed by atoms with van der Waals surface area (Å²) in [4.78, 5) is 18.3. The van der Waals surface area contributed by atoms with E-state index < -0.39 is 0 Å². The van der Waals surface area contributed by atoms with E-state index in [4.69, 9.17) is 13.9 Å². The molecule has 0 N–H and O–H groups in total. The summed E-state index contributed by atoms with van der Waals surface area (Å²) in [5, 5.41) is 0. The molecule has 23 heavy (non-hydrogen) atoms. The Hall–Kier alpha value is -2.34. The van der Waals surface area contributed by atoms with Gasteiger partial charge in [0.25, 0.3) is 11.9 Å². The average molecular weight is 316 g/mol. The minimum absolute atomic E-state index is 0.0322. The highest BCUT2D eigenvalue weighted by Crippen LogP contribution is 2.20. The third-order valence-electron chi connectivity index (χ3n) is 3.87. The smallest absolute Gasteiger partial charge is 0.289 e. The van der Waals surface area contributed by atoms with E-state index in [-0.39, 0.29) is 12.0 Å². The summed E-state index contributed by atoms with van der Waals surface area (Å²) < 4.78 is 16.2. The lowest BCUT2D eigenvalue weighted by atomic mass is 10.1. The molecule has 0 aliphatic carbocycles. The second-order valence-corrected chi connectivity index (χ2v) is 5.51. The maximum atomic E-state index is 12.5. The summed E-state index contributed by atoms with van der Waals surface area (Å²) in [6, 6.07) is 7.16. The van der Waals surface area contributed by atoms with E-state index in [0.717, 1.165) is 18.4 Å². The monoisotopic (exact) mass is 316 g/mol. The number of rotatable bonds is 5. The van der Waals surface area contributed by atoms with Crippen LogP contribution < -0.4 is 4.74 Å². The van der Waals surface area contributed by atoms with E-state index in [1.54, 1.807) is 29.4 Å². The third kappa shape index (κ3) is 3.90. The summed E-state index contributed by atoms with van der Waals surface area (Å²) in [5.74, 6) is 0.521. The van der Waals surface area contributed by atoms with E-state index in [1.165, 1.54) is 7.11 Å². The maximum Gasteiger partial charge on any atom is 0.289 e. The van der Waals surface area contributed by atoms with Crippen LogP contribution in [0.25, 0.3) is 0 Å². The Kier molecular flexibility index (Phi) is 4.92. The molecule has 0 aromatic carbocycles. The molecular weight excluding hydrogens is 296 g/mol. The van der Waals surface area contributed by atoms with E-state index in [2.05, 4.69) is 4.98 Å². The molecule has 0 bridgehead atoms. The maximum absolute atomic E-state index is 12.5. The van der Waals surface area contributed by atoms with Crippen molar-refractivity contribution in [3.05, 3.63) is 48.0 Å². The lowest BCUT2D eigenvalue weighted by Gasteiger charge is -2.32. The number of ether oxygens (including phenoxy) is 2. The number of furan rings is 1. The van der Waals surface area contributed by atoms with E-state index in [0.29, 0.717) is 31.4 Å². The van der Waals surface area contributed by atoms with Gasteiger partial charge in [0.1, 0.15) is 0 Å². The quantitative estimate of drug-likeness (QED) is 0.848. The zero-order chi connectivity index (χ0) is 16.1. The van der Waals surface area contributed by atoms with Crippen LogP contribution >= 0.6 is 0 Å². The Morgan fingerprint density at radius 1 is 1.43 bits per heavy atom. The largest absolute Gasteiger partial charge is 0.468 e. The van der Waals surface area contributed by atoms with Gasteiger partial charge >= 0.3 is 0 Å². The number of piperidine rings is 1. The van der Waals surface area contributed by atoms with Gasteiger partial charge in [-0.15, -0.1) is 0 Å². The van der Waals surface area contributed by atoms with Crippen molar-refractivity contribution >= 4 is 5.91 Å². The van der Waals surface area contributed by atoms with E-state index >= 15 is 0 Å². The SMILES string of the molecule is COc1ccc(C(=O)N2CCC[C@@H](OCc3cccnc3)C2)o1. The number of pyridine rings is 1. The molecule has 0 unspecified atom stereocenters. The summed E-state index contributed by atoms with van der Waals surface area (Å²) in [5.41, 5.74) is 1.03. The lowest BCUT2D eigenvalue weighted by molar-refractivity contribution is -0.00771. The fourth-order valence-corrected chi connectivity index (χ4v) is 2.66. The molecule has 3 rings (SSSR count). The third-order valence-corrected chi connectivity index (χ3v) is 3.87. The Morgan fingerprint density at radius 3 is 3.09 bits per heavy atom. The molecule has 3 heterocycles. The molecule has 2 aromatic heterocycles. The van der Waals surface area contributed by atoms with Crippen molar-refractivity contribution in [2.24, 2.45) is 0 Å². The topological polar surface area (TPSA) is 64.8 Å². The second-order valence-electron chi connectivity index (χ2n) is 5.51. The van der Waals surface area contributed by atoms with Gasteiger partial charge in [-0.3, -0.25) is 9.78 Å². The van der Waals surface area contributed by atoms with Crippen LogP contribution in [0.1, 0.15) is 29.0 Å². The highest BCUT2D eigenvalue weighted by Gasteiger charge is 2.26. The van der Waals surface area contributed by atoms with Gasteiger partial charge in [0, 0.05) is 31.5 Å². The van der Waals surface area contributed by atoms with Gasteiger partial charge in [0.2, 0.25) is 0 Å². The highest BCUT2D eigenvalue weighted by molar-refractivity contribution is 5.91. The van der Waals surface area contributed by atoms with Gasteiger partial charge in [0.15, 0.2) is 5.76 Å². The predicted molar refractivity (Wildman–Crippen MR) is 83.2 cm³/mol. The first kappa shape index (κ1) is 15.6. The van der Waals surface area contributed by atoms with Gasteiger partial charge in [-0.2, -0.15) is 0 Å². The van der Waals surface area contributed by atoms with Gasteiger partial charge in [-0.1, -0.05) is 6.07 Å². The van der Waals surface area contributed by atoms with Crippen molar-refractivity contribution in [2.75, 3.05) is 20.2 Å². The molecule has 1 fully saturated rings. The summed E-state index contributed by atoms with van der Waals surface area (Å²) in [7, 11) is 1.51. The van der Waals surface area contributed by atoms with Crippen LogP contribution in [0, 0.1) is 0 Å². The second kappa shape index (κ2) is 7.28. The van der Waals surface area contributed by atoms with Crippen LogP contribution in [0.2, 0.25) is 0 Å². The standard InChI is InChI=1S/C17H20N2O4/c1-21-16-7-6-15(23-16)17(20)19-9-3-5-14(11-19)22-12-13-4-2-8-18-10-13/h2,4,6-8,10,14H,3,5,9,11-12H2,1H3/t14-/m1/s1. The fraction of sp³-hybridized carbons (Fsp3) is 0.412. The first-order valence-electron chi connectivity index (χ1n) is 7.70. The predicted octanol–water partition coefficient (Wildman–Crippen LogP) is 2.50. The van der Waals surface area contributed by atoms with Crippen molar-refractivity contribution < 1.29 is 18.7 Å². The molecule has 6 heteroatoms. The van der Waals surface area contributed by atoms with Crippen LogP contribution in [0.15, 0.2) is 41.1 Å². The Balaban J connectivity index is 1.56. The van der Waals surface area contributed by atoms with E-state index in [1.807, 2.05) is 12.1 Å². The number of likely N-dealkylation sites (tertiary alicyclic amines) is 1. The van der Waals surface area contributed by atoms with Crippen molar-refractivity contribution in [1.29, 1.82) is 0 Å². The highest BCUT2D eigenvalue weighted by atomic mass is 16.6. The molecule has 1 aliphatic rings. The molecule has 1 amide bonds. The van der Waals surface area contributed by atoms with Crippen LogP contribution in [0.5, 0.6) is 5.95 Å². The van der Waals surface area contributed by atoms with Gasteiger partial charge in [-0.25, -0.2) is 0 Å². The lowest BCUT2D eigenvalue weighted by Crippen LogP contribution is -2.43. The van der Waals surface area contributed by atoms with Crippen molar-refractivity contribution in [3.63, 3.8) is 0 Å². The molecule has 0 radical (unpaired) electrons. The van der Waals surface area contributed by atoms with Crippen LogP contribution in [0.3, 0.4) is 0 Å². The molecule has 122 valence electrons. The number of hydrogen-bond acceptors (Lipinski definition) is 5. The first-order valence-corrected chi connectivity index (χ1v) is 7.70. The van der Waals surface area contributed by atoms with Crippen LogP contribution in [-0.2, 0) is 11.3 Å². The zero-order valence-corrected chi connectivity index (χ0v) is 13.1. The summed E-state index contributed by atoms with van der Waals surface area (Å²) in [6.07, 6.45) is 5.43. The van der Waals surface area contributed by atoms with Gasteiger partial charge in [-0.05, 0) is 30.5 Å². The molecule has 1 saturated heterocycles. The molecular formula is C17H20N2O4. The number of methoxy groups -OCH3 is 1. The van der Waals surface area contributed by atoms with Crippen molar-refractivity contribution in [2.45, 2.75) is 25.6 Å². The average Bonchev–Trinajstić information content (AvgIpc) is 3.10. The number of amides is 1. The van der Waals surface area contributed by atoms with Gasteiger partial charge < -0.3 is 18.8 Å². The number of carbonyl (C=O) groups is 1. The molecule has 0 spiro atoms. The zero-order valence-electron chi connectivity index (χ0n) is 13.1. The fourth-order valence-electron chi connectivity index (χ4n) is 2.66. The Labute approximate surface area is 135 Å². The minimum Gasteiger partial charge on any atom is -0.468 e. The number of hydrogen-bond donors (Lipinski definition) is 0. The molecule has 1 aliphatic heterocycles. The molecule has 0 saturated carbocycles.